The summed E-state index contributed by atoms with van der Waals surface area (Å²) in [7, 11) is 0. The molecule has 2 radical (unpaired) electrons. The van der Waals surface area contributed by atoms with Gasteiger partial charge in [0.15, 0.2) is 0 Å². The van der Waals surface area contributed by atoms with E-state index in [1.165, 1.54) is 0 Å². The van der Waals surface area contributed by atoms with Crippen LogP contribution in [0.4, 0.5) is 0 Å². The average molecular weight is 592 g/mol. The molecule has 6 aliphatic rings. The summed E-state index contributed by atoms with van der Waals surface area (Å²) >= 11 is 0. The smallest absolute Gasteiger partial charge is 0.0406 e. The van der Waals surface area contributed by atoms with Gasteiger partial charge < -0.3 is 37.9 Å². The number of carbonyl (C=O) groups excluding carboxylic acids is 3. The summed E-state index contributed by atoms with van der Waals surface area (Å²) in [4.78, 5) is 42.1. The van der Waals surface area contributed by atoms with E-state index in [9.17, 15) is 0 Å². The van der Waals surface area contributed by atoms with Crippen molar-refractivity contribution < 1.29 is 47.9 Å². The predicted molar refractivity (Wildman–Crippen MR) is 136 cm³/mol. The van der Waals surface area contributed by atoms with Crippen molar-refractivity contribution in [1.29, 1.82) is 0 Å². The Kier molecular flexibility index (Phi) is 28.6. The van der Waals surface area contributed by atoms with Gasteiger partial charge in [0.1, 0.15) is 0 Å². The number of allylic oxidation sites excluding steroid dienone is 8. The van der Waals surface area contributed by atoms with Crippen LogP contribution in [0.1, 0.15) is 12.8 Å². The minimum absolute atomic E-state index is 0. The van der Waals surface area contributed by atoms with Crippen LogP contribution in [-0.2, 0) is 47.9 Å². The van der Waals surface area contributed by atoms with Gasteiger partial charge >= 0.3 is 0 Å². The van der Waals surface area contributed by atoms with Gasteiger partial charge in [-0.3, -0.25) is 34.4 Å². The van der Waals surface area contributed by atoms with Crippen LogP contribution in [-0.4, -0.2) is 69.3 Å². The van der Waals surface area contributed by atoms with Crippen LogP contribution < -0.4 is 0 Å². The van der Waals surface area contributed by atoms with E-state index in [0.29, 0.717) is 44.4 Å². The van der Waals surface area contributed by atoms with E-state index < -0.39 is 0 Å². The predicted octanol–water partition coefficient (Wildman–Crippen LogP) is 3.62. The molecule has 4 bridgehead atoms. The van der Waals surface area contributed by atoms with E-state index in [2.05, 4.69) is 41.7 Å². The molecule has 0 N–H and O–H groups in total. The summed E-state index contributed by atoms with van der Waals surface area (Å²) in [5, 5.41) is 20.3. The second-order valence-electron chi connectivity index (χ2n) is 5.89. The van der Waals surface area contributed by atoms with E-state index >= 15 is 0 Å². The molecule has 0 unspecified atom stereocenters. The van der Waals surface area contributed by atoms with E-state index in [4.69, 9.17) is 30.6 Å². The van der Waals surface area contributed by atoms with Gasteiger partial charge in [-0.15, -0.1) is 22.8 Å². The van der Waals surface area contributed by atoms with E-state index in [1.807, 2.05) is 24.3 Å². The maximum atomic E-state index is 8.24. The quantitative estimate of drug-likeness (QED) is 0.304. The fourth-order valence-electron chi connectivity index (χ4n) is 2.12. The van der Waals surface area contributed by atoms with Crippen LogP contribution in [0.5, 0.6) is 0 Å². The van der Waals surface area contributed by atoms with Crippen LogP contribution in [0.25, 0.3) is 37.9 Å². The molecule has 6 heterocycles. The van der Waals surface area contributed by atoms with Crippen LogP contribution in [0.15, 0.2) is 67.1 Å². The third-order valence-corrected chi connectivity index (χ3v) is 3.45. The third kappa shape index (κ3) is 22.2. The van der Waals surface area contributed by atoms with Crippen molar-refractivity contribution in [2.75, 3.05) is 26.2 Å². The Balaban J connectivity index is -0.000000925. The molecule has 0 aromatic heterocycles. The van der Waals surface area contributed by atoms with Crippen molar-refractivity contribution >= 4 is 43.1 Å². The summed E-state index contributed by atoms with van der Waals surface area (Å²) in [6.07, 6.45) is 17.6. The molecule has 0 aliphatic carbocycles. The fourth-order valence-corrected chi connectivity index (χ4v) is 2.12. The Labute approximate surface area is 234 Å². The molecule has 6 aliphatic heterocycles. The fraction of sp³-hybridized carbons (Fsp3) is 0.286. The standard InChI is InChI=1S/C18H20N8.3CNO.2Co/c1-7-19-11-15-3-5-17(25-23-15)13-21-9-2-10-22-14-18-6-4-16(24-26-18)12-20-8-1;3*2-1-3;;/h3-6,11-14H,1-2,7-10H2;;;;;/q-4;3*-1;;. The van der Waals surface area contributed by atoms with Crippen molar-refractivity contribution in [3.05, 3.63) is 85.0 Å². The minimum Gasteiger partial charge on any atom is -0.803 e. The molecule has 0 spiro atoms. The molecule has 6 rings (SSSR count). The number of hydrogen-bond donors (Lipinski definition) is 0. The first-order chi connectivity index (χ1) is 17.1. The summed E-state index contributed by atoms with van der Waals surface area (Å²) in [5.41, 5.74) is 19.4. The number of nitrogens with zero attached hydrogens (tertiary/aromatic N) is 11. The van der Waals surface area contributed by atoms with E-state index in [0.717, 1.165) is 35.6 Å². The first-order valence-corrected chi connectivity index (χ1v) is 9.85. The van der Waals surface area contributed by atoms with Crippen LogP contribution in [0, 0.1) is 0 Å². The number of rotatable bonds is 0. The van der Waals surface area contributed by atoms with Gasteiger partial charge in [0.2, 0.25) is 0 Å². The Morgan fingerprint density at radius 3 is 0.865 bits per heavy atom. The van der Waals surface area contributed by atoms with E-state index in [-0.39, 0.29) is 33.6 Å². The largest absolute Gasteiger partial charge is 0.803 e. The Morgan fingerprint density at radius 2 is 0.703 bits per heavy atom. The van der Waals surface area contributed by atoms with Crippen molar-refractivity contribution in [2.24, 2.45) is 20.0 Å². The summed E-state index contributed by atoms with van der Waals surface area (Å²) in [6, 6.07) is 0. The molecule has 0 fully saturated rings. The second-order valence-corrected chi connectivity index (χ2v) is 5.89. The van der Waals surface area contributed by atoms with E-state index in [1.54, 1.807) is 24.9 Å². The van der Waals surface area contributed by atoms with Crippen molar-refractivity contribution in [1.82, 2.24) is 0 Å². The third-order valence-electron chi connectivity index (χ3n) is 3.45. The van der Waals surface area contributed by atoms with Crippen LogP contribution >= 0.6 is 0 Å². The van der Waals surface area contributed by atoms with Gasteiger partial charge in [-0.2, -0.15) is 0 Å². The SMILES string of the molecule is C1=NCCCN=CC2=CC=C(C=NCCCN=CC3=CC=C1[N-][N-]3)[N-][N-]2.[Co].[Co].[N-]=C=O.[N-]=C=O.[N-]=C=O. The van der Waals surface area contributed by atoms with Crippen LogP contribution in [0.2, 0.25) is 0 Å². The minimum atomic E-state index is 0. The number of aliphatic imine (C=N–C) groups is 4. The molecule has 0 saturated carbocycles. The molecular weight excluding hydrogens is 572 g/mol. The van der Waals surface area contributed by atoms with Gasteiger partial charge in [-0.05, 0) is 31.1 Å². The molecule has 0 aromatic rings. The van der Waals surface area contributed by atoms with Gasteiger partial charge in [-0.1, -0.05) is 24.3 Å². The second kappa shape index (κ2) is 28.2. The normalized spacial score (nSPS) is 15.4. The maximum Gasteiger partial charge on any atom is 0.0406 e. The van der Waals surface area contributed by atoms with Gasteiger partial charge in [0.25, 0.3) is 0 Å². The van der Waals surface area contributed by atoms with Crippen molar-refractivity contribution in [3.63, 3.8) is 0 Å². The maximum absolute atomic E-state index is 8.24. The Hall–Kier alpha value is -4.01. The van der Waals surface area contributed by atoms with Gasteiger partial charge in [0, 0.05) is 84.6 Å². The Bertz CT molecular complexity index is 847. The van der Waals surface area contributed by atoms with Gasteiger partial charge in [0.05, 0.1) is 0 Å². The van der Waals surface area contributed by atoms with Crippen molar-refractivity contribution in [2.45, 2.75) is 12.8 Å². The molecule has 16 heteroatoms. The molecule has 37 heavy (non-hydrogen) atoms. The Morgan fingerprint density at radius 1 is 0.514 bits per heavy atom. The topological polar surface area (TPSA) is 224 Å². The summed E-state index contributed by atoms with van der Waals surface area (Å²) < 4.78 is 0. The molecule has 0 atom stereocenters. The number of isocyanates is 3. The molecular formula is C21H20Co2N11O3-7. The summed E-state index contributed by atoms with van der Waals surface area (Å²) in [6.45, 7) is 2.74. The van der Waals surface area contributed by atoms with Crippen LogP contribution in [0.3, 0.4) is 0 Å². The molecule has 0 amide bonds. The first-order valence-electron chi connectivity index (χ1n) is 9.85. The molecule has 0 saturated heterocycles. The van der Waals surface area contributed by atoms with Gasteiger partial charge in [-0.25, -0.2) is 0 Å². The van der Waals surface area contributed by atoms with Crippen molar-refractivity contribution in [3.8, 4) is 0 Å². The average Bonchev–Trinajstić information content (AvgIpc) is 2.85. The zero-order valence-electron chi connectivity index (χ0n) is 19.2. The molecule has 0 aromatic carbocycles. The zero-order valence-corrected chi connectivity index (χ0v) is 21.3. The molecule has 202 valence electrons. The number of hydrogen-bond acceptors (Lipinski definition) is 7. The monoisotopic (exact) mass is 592 g/mol. The molecule has 14 nitrogen and oxygen atoms in total. The summed E-state index contributed by atoms with van der Waals surface area (Å²) in [5.74, 6) is 0. The first kappa shape index (κ1) is 37.5. The zero-order chi connectivity index (χ0) is 26.0.